The van der Waals surface area contributed by atoms with E-state index < -0.39 is 6.36 Å². The molecule has 154 valence electrons. The van der Waals surface area contributed by atoms with E-state index in [0.29, 0.717) is 34.9 Å². The fourth-order valence-corrected chi connectivity index (χ4v) is 3.31. The zero-order valence-corrected chi connectivity index (χ0v) is 16.0. The molecule has 0 amide bonds. The van der Waals surface area contributed by atoms with E-state index in [9.17, 15) is 23.2 Å². The molecule has 1 aromatic carbocycles. The second kappa shape index (κ2) is 7.37. The van der Waals surface area contributed by atoms with E-state index in [1.807, 2.05) is 11.0 Å². The van der Waals surface area contributed by atoms with E-state index in [1.165, 1.54) is 34.9 Å². The van der Waals surface area contributed by atoms with Gasteiger partial charge in [-0.15, -0.1) is 13.2 Å². The van der Waals surface area contributed by atoms with E-state index in [2.05, 4.69) is 9.72 Å². The van der Waals surface area contributed by atoms with Gasteiger partial charge < -0.3 is 14.2 Å². The molecular formula is C21H17F3N4O2. The van der Waals surface area contributed by atoms with E-state index in [0.717, 1.165) is 12.8 Å². The molecule has 0 unspecified atom stereocenters. The molecule has 9 heteroatoms. The van der Waals surface area contributed by atoms with Gasteiger partial charge in [-0.3, -0.25) is 4.79 Å². The van der Waals surface area contributed by atoms with Crippen LogP contribution >= 0.6 is 0 Å². The molecule has 1 saturated carbocycles. The number of pyridine rings is 2. The Balaban J connectivity index is 1.83. The minimum atomic E-state index is -4.77. The summed E-state index contributed by atoms with van der Waals surface area (Å²) in [7, 11) is 1.62. The quantitative estimate of drug-likeness (QED) is 0.624. The average Bonchev–Trinajstić information content (AvgIpc) is 3.52. The number of benzene rings is 1. The van der Waals surface area contributed by atoms with Gasteiger partial charge in [-0.1, -0.05) is 0 Å². The molecule has 30 heavy (non-hydrogen) atoms. The molecule has 3 aromatic rings. The highest BCUT2D eigenvalue weighted by Crippen LogP contribution is 2.37. The number of fused-ring (bicyclic) bond motifs is 1. The lowest BCUT2D eigenvalue weighted by Crippen LogP contribution is -2.25. The number of nitrogens with zero attached hydrogens (tertiary/aromatic N) is 4. The Morgan fingerprint density at radius 1 is 1.23 bits per heavy atom. The predicted octanol–water partition coefficient (Wildman–Crippen LogP) is 4.25. The van der Waals surface area contributed by atoms with Gasteiger partial charge in [0.15, 0.2) is 0 Å². The second-order valence-corrected chi connectivity index (χ2v) is 7.20. The van der Waals surface area contributed by atoms with Crippen LogP contribution in [0, 0.1) is 17.2 Å². The lowest BCUT2D eigenvalue weighted by Gasteiger charge is -2.26. The number of hydrogen-bond acceptors (Lipinski definition) is 5. The van der Waals surface area contributed by atoms with Crippen molar-refractivity contribution in [2.75, 3.05) is 11.4 Å². The molecule has 0 aliphatic heterocycles. The largest absolute Gasteiger partial charge is 0.573 e. The van der Waals surface area contributed by atoms with E-state index in [1.54, 1.807) is 19.2 Å². The molecule has 0 spiro atoms. The van der Waals surface area contributed by atoms with Crippen LogP contribution in [0.1, 0.15) is 18.5 Å². The van der Waals surface area contributed by atoms with Crippen molar-refractivity contribution >= 4 is 22.4 Å². The molecule has 1 fully saturated rings. The van der Waals surface area contributed by atoms with E-state index >= 15 is 0 Å². The summed E-state index contributed by atoms with van der Waals surface area (Å²) in [5.74, 6) is 0.0886. The topological polar surface area (TPSA) is 71.2 Å². The van der Waals surface area contributed by atoms with Crippen molar-refractivity contribution in [2.24, 2.45) is 13.0 Å². The first-order valence-electron chi connectivity index (χ1n) is 9.29. The summed E-state index contributed by atoms with van der Waals surface area (Å²) >= 11 is 0. The molecule has 4 rings (SSSR count). The van der Waals surface area contributed by atoms with Crippen molar-refractivity contribution in [3.8, 4) is 11.8 Å². The number of halogens is 3. The molecule has 2 aromatic heterocycles. The lowest BCUT2D eigenvalue weighted by molar-refractivity contribution is -0.274. The summed E-state index contributed by atoms with van der Waals surface area (Å²) in [5, 5.41) is 9.25. The van der Waals surface area contributed by atoms with Crippen LogP contribution in [0.15, 0.2) is 47.3 Å². The Morgan fingerprint density at radius 2 is 1.93 bits per heavy atom. The van der Waals surface area contributed by atoms with Gasteiger partial charge in [-0.05, 0) is 55.2 Å². The van der Waals surface area contributed by atoms with Gasteiger partial charge in [0.05, 0.1) is 11.2 Å². The average molecular weight is 414 g/mol. The van der Waals surface area contributed by atoms with Crippen molar-refractivity contribution in [2.45, 2.75) is 19.2 Å². The fraction of sp³-hybridized carbons (Fsp3) is 0.286. The van der Waals surface area contributed by atoms with Crippen LogP contribution < -0.4 is 15.2 Å². The normalized spacial score (nSPS) is 13.8. The van der Waals surface area contributed by atoms with Gasteiger partial charge >= 0.3 is 6.36 Å². The first kappa shape index (κ1) is 19.8. The highest BCUT2D eigenvalue weighted by atomic mass is 19.4. The van der Waals surface area contributed by atoms with Crippen molar-refractivity contribution in [1.82, 2.24) is 9.55 Å². The predicted molar refractivity (Wildman–Crippen MR) is 105 cm³/mol. The number of ether oxygens (including phenoxy) is 1. The van der Waals surface area contributed by atoms with Crippen molar-refractivity contribution < 1.29 is 17.9 Å². The zero-order chi connectivity index (χ0) is 21.5. The highest BCUT2D eigenvalue weighted by Gasteiger charge is 2.31. The van der Waals surface area contributed by atoms with Gasteiger partial charge in [-0.25, -0.2) is 4.98 Å². The molecular weight excluding hydrogens is 397 g/mol. The van der Waals surface area contributed by atoms with Crippen molar-refractivity contribution in [3.05, 3.63) is 58.5 Å². The molecule has 0 saturated heterocycles. The number of aromatic nitrogens is 2. The fourth-order valence-electron chi connectivity index (χ4n) is 3.31. The minimum absolute atomic E-state index is 0.211. The highest BCUT2D eigenvalue weighted by molar-refractivity contribution is 5.91. The van der Waals surface area contributed by atoms with Crippen molar-refractivity contribution in [3.63, 3.8) is 0 Å². The molecule has 2 heterocycles. The SMILES string of the molecule is Cn1c(=O)cc(N(CC2CC2)c2ccc(OC(F)(F)F)cc2)c2nc(C#N)ccc21. The minimum Gasteiger partial charge on any atom is -0.406 e. The third kappa shape index (κ3) is 4.08. The van der Waals surface area contributed by atoms with Gasteiger partial charge in [0, 0.05) is 25.3 Å². The molecule has 0 atom stereocenters. The van der Waals surface area contributed by atoms with Crippen LogP contribution in [-0.2, 0) is 7.05 Å². The van der Waals surface area contributed by atoms with Crippen LogP contribution in [-0.4, -0.2) is 22.5 Å². The Hall–Kier alpha value is -3.54. The van der Waals surface area contributed by atoms with Crippen molar-refractivity contribution in [1.29, 1.82) is 5.26 Å². The van der Waals surface area contributed by atoms with Crippen LogP contribution in [0.25, 0.3) is 11.0 Å². The number of nitriles is 1. The van der Waals surface area contributed by atoms with Crippen LogP contribution in [0.2, 0.25) is 0 Å². The standard InChI is InChI=1S/C21H17F3N4O2/c1-27-17-9-4-14(11-25)26-20(17)18(10-19(27)29)28(12-13-2-3-13)15-5-7-16(8-6-15)30-21(22,23)24/h4-10,13H,2-3,12H2,1H3. The lowest BCUT2D eigenvalue weighted by atomic mass is 10.2. The van der Waals surface area contributed by atoms with Crippen LogP contribution in [0.4, 0.5) is 24.5 Å². The number of anilines is 2. The van der Waals surface area contributed by atoms with Gasteiger partial charge in [-0.2, -0.15) is 5.26 Å². The number of aryl methyl sites for hydroxylation is 1. The third-order valence-corrected chi connectivity index (χ3v) is 4.99. The third-order valence-electron chi connectivity index (χ3n) is 4.99. The Morgan fingerprint density at radius 3 is 2.53 bits per heavy atom. The monoisotopic (exact) mass is 414 g/mol. The summed E-state index contributed by atoms with van der Waals surface area (Å²) in [4.78, 5) is 18.8. The molecule has 6 nitrogen and oxygen atoms in total. The number of rotatable bonds is 5. The maximum Gasteiger partial charge on any atom is 0.573 e. The Bertz CT molecular complexity index is 1190. The summed E-state index contributed by atoms with van der Waals surface area (Å²) in [6.45, 7) is 0.584. The summed E-state index contributed by atoms with van der Waals surface area (Å²) < 4.78 is 42.8. The Kier molecular flexibility index (Phi) is 4.86. The molecule has 1 aliphatic carbocycles. The van der Waals surface area contributed by atoms with Crippen LogP contribution in [0.3, 0.4) is 0 Å². The molecule has 1 aliphatic rings. The first-order valence-corrected chi connectivity index (χ1v) is 9.29. The van der Waals surface area contributed by atoms with Gasteiger partial charge in [0.2, 0.25) is 0 Å². The Labute approximate surface area is 169 Å². The number of alkyl halides is 3. The first-order chi connectivity index (χ1) is 14.2. The van der Waals surface area contributed by atoms with E-state index in [-0.39, 0.29) is 17.0 Å². The maximum atomic E-state index is 12.6. The molecule has 0 bridgehead atoms. The summed E-state index contributed by atoms with van der Waals surface area (Å²) in [5.41, 5.74) is 2.13. The van der Waals surface area contributed by atoms with Gasteiger partial charge in [0.1, 0.15) is 23.0 Å². The van der Waals surface area contributed by atoms with Crippen LogP contribution in [0.5, 0.6) is 5.75 Å². The van der Waals surface area contributed by atoms with E-state index in [4.69, 9.17) is 0 Å². The smallest absolute Gasteiger partial charge is 0.406 e. The maximum absolute atomic E-state index is 12.6. The molecule has 0 N–H and O–H groups in total. The summed E-state index contributed by atoms with van der Waals surface area (Å²) in [6, 6.07) is 12.2. The van der Waals surface area contributed by atoms with Gasteiger partial charge in [0.25, 0.3) is 5.56 Å². The summed E-state index contributed by atoms with van der Waals surface area (Å²) in [6.07, 6.45) is -2.70. The zero-order valence-electron chi connectivity index (χ0n) is 16.0. The second-order valence-electron chi connectivity index (χ2n) is 7.20. The number of hydrogen-bond donors (Lipinski definition) is 0. The molecule has 0 radical (unpaired) electrons.